The largest absolute Gasteiger partial charge is 0.423 e. The number of amides is 2. The van der Waals surface area contributed by atoms with Gasteiger partial charge in [0.1, 0.15) is 6.04 Å². The van der Waals surface area contributed by atoms with Gasteiger partial charge in [-0.2, -0.15) is 13.5 Å². The van der Waals surface area contributed by atoms with Gasteiger partial charge in [0.15, 0.2) is 0 Å². The highest BCUT2D eigenvalue weighted by atomic mass is 32.3. The van der Waals surface area contributed by atoms with E-state index in [1.165, 1.54) is 4.90 Å². The van der Waals surface area contributed by atoms with Gasteiger partial charge in [0.25, 0.3) is 0 Å². The predicted molar refractivity (Wildman–Crippen MR) is 85.7 cm³/mol. The first-order valence-corrected chi connectivity index (χ1v) is 9.99. The van der Waals surface area contributed by atoms with Gasteiger partial charge in [-0.15, -0.1) is 14.5 Å². The highest BCUT2D eigenvalue weighted by Gasteiger charge is 2.64. The van der Waals surface area contributed by atoms with E-state index < -0.39 is 28.5 Å². The molecule has 1 aliphatic carbocycles. The number of fused-ring (bicyclic) bond motifs is 3. The Labute approximate surface area is 150 Å². The van der Waals surface area contributed by atoms with Crippen molar-refractivity contribution in [2.75, 3.05) is 13.1 Å². The van der Waals surface area contributed by atoms with Crippen LogP contribution in [0.25, 0.3) is 0 Å². The van der Waals surface area contributed by atoms with Gasteiger partial charge in [-0.05, 0) is 44.1 Å². The van der Waals surface area contributed by atoms with E-state index in [9.17, 15) is 13.2 Å². The zero-order valence-electron chi connectivity index (χ0n) is 14.1. The van der Waals surface area contributed by atoms with Crippen molar-refractivity contribution in [3.63, 3.8) is 0 Å². The summed E-state index contributed by atoms with van der Waals surface area (Å²) in [6.45, 7) is 0.892. The predicted octanol–water partition coefficient (Wildman–Crippen LogP) is 0.417. The van der Waals surface area contributed by atoms with Crippen molar-refractivity contribution in [2.24, 2.45) is 11.1 Å². The Hall–Kier alpha value is -1.76. The Morgan fingerprint density at radius 1 is 1.35 bits per heavy atom. The molecule has 0 radical (unpaired) electrons. The number of aryl methyl sites for hydroxylation is 1. The molecule has 12 heteroatoms. The lowest BCUT2D eigenvalue weighted by atomic mass is 9.85. The Morgan fingerprint density at radius 3 is 2.77 bits per heavy atom. The zero-order valence-corrected chi connectivity index (χ0v) is 14.9. The summed E-state index contributed by atoms with van der Waals surface area (Å²) < 4.78 is 41.5. The first-order chi connectivity index (χ1) is 12.3. The standard InChI is InChI=1S/C14H21N5O6S/c15-6-2-1-3-11-16-17-12(24-11)9-7-14(4-5-14)10-8-18(9)13(20)19(10)25-26(21,22)23/h9-10H,1-8,15H2,(H,21,22,23)/t9-,10-/m0/s1. The molecule has 1 aromatic heterocycles. The third-order valence-electron chi connectivity index (χ3n) is 5.45. The molecule has 11 nitrogen and oxygen atoms in total. The number of carbonyl (C=O) groups is 1. The van der Waals surface area contributed by atoms with E-state index in [1.807, 2.05) is 0 Å². The minimum Gasteiger partial charge on any atom is -0.423 e. The third-order valence-corrected chi connectivity index (χ3v) is 5.80. The third kappa shape index (κ3) is 3.06. The van der Waals surface area contributed by atoms with Crippen LogP contribution in [-0.4, -0.2) is 58.3 Å². The number of urea groups is 1. The molecule has 4 rings (SSSR count). The molecule has 2 aliphatic heterocycles. The molecule has 3 fully saturated rings. The van der Waals surface area contributed by atoms with Crippen molar-refractivity contribution in [3.8, 4) is 0 Å². The topological polar surface area (TPSA) is 152 Å². The van der Waals surface area contributed by atoms with Crippen LogP contribution < -0.4 is 5.73 Å². The van der Waals surface area contributed by atoms with Crippen molar-refractivity contribution in [1.82, 2.24) is 20.2 Å². The molecule has 2 bridgehead atoms. The van der Waals surface area contributed by atoms with Gasteiger partial charge in [0.05, 0.1) is 6.04 Å². The first kappa shape index (κ1) is 17.6. The molecular formula is C14H21N5O6S. The van der Waals surface area contributed by atoms with Gasteiger partial charge in [-0.3, -0.25) is 4.55 Å². The summed E-state index contributed by atoms with van der Waals surface area (Å²) in [5, 5.41) is 8.91. The van der Waals surface area contributed by atoms with Crippen molar-refractivity contribution in [1.29, 1.82) is 0 Å². The lowest BCUT2D eigenvalue weighted by molar-refractivity contribution is -0.0530. The lowest BCUT2D eigenvalue weighted by Gasteiger charge is -2.34. The summed E-state index contributed by atoms with van der Waals surface area (Å²) >= 11 is 0. The van der Waals surface area contributed by atoms with Crippen LogP contribution in [-0.2, 0) is 21.1 Å². The maximum absolute atomic E-state index is 12.6. The van der Waals surface area contributed by atoms with Gasteiger partial charge in [-0.25, -0.2) is 4.79 Å². The van der Waals surface area contributed by atoms with E-state index >= 15 is 0 Å². The highest BCUT2D eigenvalue weighted by molar-refractivity contribution is 7.80. The summed E-state index contributed by atoms with van der Waals surface area (Å²) in [5.41, 5.74) is 5.23. The molecule has 1 saturated carbocycles. The zero-order chi connectivity index (χ0) is 18.5. The van der Waals surface area contributed by atoms with Crippen LogP contribution in [0.5, 0.6) is 0 Å². The van der Waals surface area contributed by atoms with E-state index in [0.29, 0.717) is 37.7 Å². The van der Waals surface area contributed by atoms with Crippen molar-refractivity contribution < 1.29 is 26.5 Å². The number of hydroxylamine groups is 2. The number of hydrogen-bond donors (Lipinski definition) is 2. The van der Waals surface area contributed by atoms with Crippen LogP contribution in [0.1, 0.15) is 49.9 Å². The van der Waals surface area contributed by atoms with Crippen LogP contribution in [0.15, 0.2) is 4.42 Å². The molecule has 1 spiro atoms. The molecule has 3 aliphatic rings. The summed E-state index contributed by atoms with van der Waals surface area (Å²) in [6, 6.07) is -1.46. The lowest BCUT2D eigenvalue weighted by Crippen LogP contribution is -2.43. The molecule has 0 aromatic carbocycles. The normalized spacial score (nSPS) is 26.8. The summed E-state index contributed by atoms with van der Waals surface area (Å²) in [7, 11) is -4.78. The number of piperidine rings is 1. The van der Waals surface area contributed by atoms with E-state index in [4.69, 9.17) is 14.7 Å². The fourth-order valence-electron chi connectivity index (χ4n) is 3.96. The molecule has 2 saturated heterocycles. The Balaban J connectivity index is 1.55. The Morgan fingerprint density at radius 2 is 2.12 bits per heavy atom. The molecule has 2 amide bonds. The Bertz CT molecular complexity index is 807. The molecule has 2 atom stereocenters. The second kappa shape index (κ2) is 6.15. The minimum absolute atomic E-state index is 0.244. The van der Waals surface area contributed by atoms with Crippen molar-refractivity contribution >= 4 is 16.4 Å². The number of aromatic nitrogens is 2. The van der Waals surface area contributed by atoms with Crippen LogP contribution in [0.4, 0.5) is 4.79 Å². The molecule has 0 unspecified atom stereocenters. The SMILES string of the molecule is NCCCCc1nnc([C@@H]2CC3(CC3)[C@@H]3CN2C(=O)N3OS(=O)(=O)O)o1. The van der Waals surface area contributed by atoms with Gasteiger partial charge < -0.3 is 15.1 Å². The fourth-order valence-corrected chi connectivity index (χ4v) is 4.33. The molecule has 1 aromatic rings. The molecule has 144 valence electrons. The van der Waals surface area contributed by atoms with Crippen molar-refractivity contribution in [3.05, 3.63) is 11.8 Å². The molecule has 26 heavy (non-hydrogen) atoms. The van der Waals surface area contributed by atoms with E-state index in [2.05, 4.69) is 14.5 Å². The van der Waals surface area contributed by atoms with Gasteiger partial charge in [-0.1, -0.05) is 0 Å². The van der Waals surface area contributed by atoms with E-state index in [1.54, 1.807) is 0 Å². The Kier molecular flexibility index (Phi) is 4.17. The summed E-state index contributed by atoms with van der Waals surface area (Å²) in [5.74, 6) is 0.845. The maximum atomic E-state index is 12.6. The van der Waals surface area contributed by atoms with E-state index in [-0.39, 0.29) is 5.41 Å². The second-order valence-corrected chi connectivity index (χ2v) is 8.15. The average Bonchev–Trinajstić information content (AvgIpc) is 3.08. The number of carbonyl (C=O) groups excluding carboxylic acids is 1. The number of unbranched alkanes of at least 4 members (excludes halogenated alkanes) is 1. The van der Waals surface area contributed by atoms with Crippen molar-refractivity contribution in [2.45, 2.75) is 50.6 Å². The smallest absolute Gasteiger partial charge is 0.418 e. The summed E-state index contributed by atoms with van der Waals surface area (Å²) in [4.78, 5) is 14.1. The fraction of sp³-hybridized carbons (Fsp3) is 0.786. The number of rotatable bonds is 7. The first-order valence-electron chi connectivity index (χ1n) is 8.62. The van der Waals surface area contributed by atoms with Gasteiger partial charge >= 0.3 is 16.4 Å². The van der Waals surface area contributed by atoms with Crippen LogP contribution in [0.2, 0.25) is 0 Å². The highest BCUT2D eigenvalue weighted by Crippen LogP contribution is 2.61. The van der Waals surface area contributed by atoms with Gasteiger partial charge in [0.2, 0.25) is 11.8 Å². The van der Waals surface area contributed by atoms with Crippen LogP contribution in [0.3, 0.4) is 0 Å². The molecule has 3 N–H and O–H groups in total. The number of nitrogens with two attached hydrogens (primary N) is 1. The maximum Gasteiger partial charge on any atom is 0.418 e. The number of nitrogens with zero attached hydrogens (tertiary/aromatic N) is 4. The number of hydrogen-bond acceptors (Lipinski definition) is 8. The second-order valence-electron chi connectivity index (χ2n) is 7.14. The quantitative estimate of drug-likeness (QED) is 0.500. The van der Waals surface area contributed by atoms with Gasteiger partial charge in [0, 0.05) is 13.0 Å². The monoisotopic (exact) mass is 387 g/mol. The minimum atomic E-state index is -4.78. The summed E-state index contributed by atoms with van der Waals surface area (Å²) in [6.07, 6.45) is 4.61. The molecular weight excluding hydrogens is 366 g/mol. The van der Waals surface area contributed by atoms with E-state index in [0.717, 1.165) is 30.7 Å². The average molecular weight is 387 g/mol. The molecule has 3 heterocycles. The van der Waals surface area contributed by atoms with Crippen LogP contribution >= 0.6 is 0 Å². The van der Waals surface area contributed by atoms with Crippen LogP contribution in [0, 0.1) is 5.41 Å².